The lowest BCUT2D eigenvalue weighted by Gasteiger charge is -2.29. The SMILES string of the molecule is O=C(OC1C2C3CCC(C3)C2C2(CC2)C1OC(=O)c1ccccc1)c1ccccc1. The number of benzene rings is 2. The topological polar surface area (TPSA) is 52.6 Å². The van der Waals surface area contributed by atoms with Crippen LogP contribution < -0.4 is 0 Å². The van der Waals surface area contributed by atoms with Gasteiger partial charge < -0.3 is 9.47 Å². The molecule has 4 heteroatoms. The summed E-state index contributed by atoms with van der Waals surface area (Å²) in [6.45, 7) is 0. The smallest absolute Gasteiger partial charge is 0.338 e. The average Bonchev–Trinajstić information content (AvgIpc) is 3.20. The Labute approximate surface area is 176 Å². The van der Waals surface area contributed by atoms with Crippen LogP contribution in [-0.2, 0) is 9.47 Å². The number of esters is 2. The first kappa shape index (κ1) is 18.2. The third kappa shape index (κ3) is 2.65. The summed E-state index contributed by atoms with van der Waals surface area (Å²) in [4.78, 5) is 25.9. The highest BCUT2D eigenvalue weighted by Crippen LogP contribution is 2.74. The molecule has 0 aromatic heterocycles. The van der Waals surface area contributed by atoms with E-state index in [2.05, 4.69) is 0 Å². The molecular weight excluding hydrogens is 376 g/mol. The number of carbonyl (C=O) groups is 2. The van der Waals surface area contributed by atoms with Crippen LogP contribution in [0.3, 0.4) is 0 Å². The fraction of sp³-hybridized carbons (Fsp3) is 0.462. The summed E-state index contributed by atoms with van der Waals surface area (Å²) in [6, 6.07) is 18.3. The maximum absolute atomic E-state index is 13.0. The van der Waals surface area contributed by atoms with Gasteiger partial charge in [0.15, 0.2) is 0 Å². The number of ether oxygens (including phenoxy) is 2. The van der Waals surface area contributed by atoms with E-state index in [4.69, 9.17) is 9.47 Å². The molecule has 4 nitrogen and oxygen atoms in total. The molecule has 0 heterocycles. The maximum Gasteiger partial charge on any atom is 0.338 e. The molecule has 4 fully saturated rings. The van der Waals surface area contributed by atoms with Gasteiger partial charge in [-0.15, -0.1) is 0 Å². The number of hydrogen-bond acceptors (Lipinski definition) is 4. The molecule has 154 valence electrons. The fourth-order valence-electron chi connectivity index (χ4n) is 6.99. The lowest BCUT2D eigenvalue weighted by atomic mass is 9.76. The van der Waals surface area contributed by atoms with Gasteiger partial charge in [-0.3, -0.25) is 0 Å². The number of fused-ring (bicyclic) bond motifs is 6. The summed E-state index contributed by atoms with van der Waals surface area (Å²) in [5, 5.41) is 0. The normalized spacial score (nSPS) is 34.5. The van der Waals surface area contributed by atoms with E-state index < -0.39 is 0 Å². The van der Waals surface area contributed by atoms with Crippen LogP contribution >= 0.6 is 0 Å². The van der Waals surface area contributed by atoms with Crippen LogP contribution in [0, 0.1) is 29.1 Å². The molecular formula is C26H26O4. The van der Waals surface area contributed by atoms with E-state index in [1.165, 1.54) is 19.3 Å². The van der Waals surface area contributed by atoms with Crippen molar-refractivity contribution in [1.82, 2.24) is 0 Å². The van der Waals surface area contributed by atoms with E-state index in [-0.39, 0.29) is 29.6 Å². The van der Waals surface area contributed by atoms with E-state index in [9.17, 15) is 9.59 Å². The molecule has 0 saturated heterocycles. The standard InChI is InChI=1S/C26H26O4/c27-24(16-7-3-1-4-8-16)29-22-20-18-11-12-19(15-18)21(20)26(13-14-26)23(22)30-25(28)17-9-5-2-6-10-17/h1-10,18-23H,11-15H2. The lowest BCUT2D eigenvalue weighted by Crippen LogP contribution is -2.39. The van der Waals surface area contributed by atoms with Gasteiger partial charge in [0.1, 0.15) is 12.2 Å². The van der Waals surface area contributed by atoms with Gasteiger partial charge >= 0.3 is 11.9 Å². The van der Waals surface area contributed by atoms with Crippen LogP contribution in [0.4, 0.5) is 0 Å². The Morgan fingerprint density at radius 3 is 1.93 bits per heavy atom. The second-order valence-electron chi connectivity index (χ2n) is 9.60. The molecule has 6 rings (SSSR count). The second-order valence-corrected chi connectivity index (χ2v) is 9.60. The molecule has 0 N–H and O–H groups in total. The average molecular weight is 402 g/mol. The van der Waals surface area contributed by atoms with Gasteiger partial charge in [-0.2, -0.15) is 0 Å². The van der Waals surface area contributed by atoms with Gasteiger partial charge in [0.05, 0.1) is 11.1 Å². The first-order valence-corrected chi connectivity index (χ1v) is 11.2. The summed E-state index contributed by atoms with van der Waals surface area (Å²) in [7, 11) is 0. The van der Waals surface area contributed by atoms with E-state index in [1.807, 2.05) is 36.4 Å². The third-order valence-electron chi connectivity index (χ3n) is 8.21. The Bertz CT molecular complexity index is 965. The Morgan fingerprint density at radius 1 is 0.767 bits per heavy atom. The van der Waals surface area contributed by atoms with Gasteiger partial charge in [-0.25, -0.2) is 9.59 Å². The Hall–Kier alpha value is -2.62. The maximum atomic E-state index is 13.0. The van der Waals surface area contributed by atoms with Crippen LogP contribution in [-0.4, -0.2) is 24.1 Å². The zero-order valence-electron chi connectivity index (χ0n) is 16.9. The number of rotatable bonds is 4. The molecule has 0 aliphatic heterocycles. The van der Waals surface area contributed by atoms with Crippen molar-refractivity contribution in [2.75, 3.05) is 0 Å². The number of carbonyl (C=O) groups excluding carboxylic acids is 2. The second kappa shape index (κ2) is 6.69. The minimum atomic E-state index is -0.340. The zero-order valence-corrected chi connectivity index (χ0v) is 16.9. The molecule has 4 aliphatic rings. The van der Waals surface area contributed by atoms with Crippen molar-refractivity contribution in [3.8, 4) is 0 Å². The summed E-state index contributed by atoms with van der Waals surface area (Å²) in [5.74, 6) is 1.53. The Morgan fingerprint density at radius 2 is 1.33 bits per heavy atom. The van der Waals surface area contributed by atoms with Crippen molar-refractivity contribution in [2.45, 2.75) is 44.3 Å². The van der Waals surface area contributed by atoms with Gasteiger partial charge in [0.25, 0.3) is 0 Å². The first-order chi connectivity index (χ1) is 14.7. The first-order valence-electron chi connectivity index (χ1n) is 11.2. The Kier molecular flexibility index (Phi) is 4.06. The molecule has 1 spiro atoms. The van der Waals surface area contributed by atoms with Crippen LogP contribution in [0.2, 0.25) is 0 Å². The number of hydrogen-bond donors (Lipinski definition) is 0. The summed E-state index contributed by atoms with van der Waals surface area (Å²) in [5.41, 5.74) is 1.12. The van der Waals surface area contributed by atoms with E-state index >= 15 is 0 Å². The highest BCUT2D eigenvalue weighted by atomic mass is 16.6. The minimum absolute atomic E-state index is 0.0105. The molecule has 0 amide bonds. The molecule has 6 atom stereocenters. The van der Waals surface area contributed by atoms with Crippen LogP contribution in [0.5, 0.6) is 0 Å². The van der Waals surface area contributed by atoms with E-state index in [0.29, 0.717) is 34.8 Å². The van der Waals surface area contributed by atoms with Crippen molar-refractivity contribution in [3.05, 3.63) is 71.8 Å². The molecule has 2 bridgehead atoms. The van der Waals surface area contributed by atoms with Crippen molar-refractivity contribution in [3.63, 3.8) is 0 Å². The van der Waals surface area contributed by atoms with Crippen molar-refractivity contribution in [2.24, 2.45) is 29.1 Å². The predicted octanol–water partition coefficient (Wildman–Crippen LogP) is 4.89. The van der Waals surface area contributed by atoms with Crippen molar-refractivity contribution < 1.29 is 19.1 Å². The molecule has 2 aromatic carbocycles. The van der Waals surface area contributed by atoms with E-state index in [1.54, 1.807) is 24.3 Å². The summed E-state index contributed by atoms with van der Waals surface area (Å²) >= 11 is 0. The van der Waals surface area contributed by atoms with E-state index in [0.717, 1.165) is 12.8 Å². The molecule has 0 radical (unpaired) electrons. The van der Waals surface area contributed by atoms with Crippen molar-refractivity contribution >= 4 is 11.9 Å². The molecule has 2 aromatic rings. The fourth-order valence-corrected chi connectivity index (χ4v) is 6.99. The monoisotopic (exact) mass is 402 g/mol. The minimum Gasteiger partial charge on any atom is -0.454 e. The van der Waals surface area contributed by atoms with Crippen LogP contribution in [0.15, 0.2) is 60.7 Å². The summed E-state index contributed by atoms with van der Waals surface area (Å²) in [6.07, 6.45) is 5.19. The van der Waals surface area contributed by atoms with Gasteiger partial charge in [-0.1, -0.05) is 36.4 Å². The van der Waals surface area contributed by atoms with Gasteiger partial charge in [0, 0.05) is 11.3 Å². The van der Waals surface area contributed by atoms with Crippen LogP contribution in [0.25, 0.3) is 0 Å². The third-order valence-corrected chi connectivity index (χ3v) is 8.21. The molecule has 4 aliphatic carbocycles. The lowest BCUT2D eigenvalue weighted by molar-refractivity contribution is -0.0527. The van der Waals surface area contributed by atoms with Crippen molar-refractivity contribution in [1.29, 1.82) is 0 Å². The largest absolute Gasteiger partial charge is 0.454 e. The summed E-state index contributed by atoms with van der Waals surface area (Å²) < 4.78 is 12.3. The predicted molar refractivity (Wildman–Crippen MR) is 111 cm³/mol. The van der Waals surface area contributed by atoms with Gasteiger partial charge in [0.2, 0.25) is 0 Å². The molecule has 4 saturated carbocycles. The quantitative estimate of drug-likeness (QED) is 0.683. The highest BCUT2D eigenvalue weighted by Gasteiger charge is 2.74. The van der Waals surface area contributed by atoms with Gasteiger partial charge in [-0.05, 0) is 74.1 Å². The van der Waals surface area contributed by atoms with Crippen LogP contribution in [0.1, 0.15) is 52.8 Å². The Balaban J connectivity index is 1.32. The molecule has 6 unspecified atom stereocenters. The highest BCUT2D eigenvalue weighted by molar-refractivity contribution is 5.90. The zero-order chi connectivity index (χ0) is 20.3. The molecule has 30 heavy (non-hydrogen) atoms.